The van der Waals surface area contributed by atoms with E-state index in [1.54, 1.807) is 13.8 Å². The SMILES string of the molecule is CC(C)N(CCO)S(=O)(=O)N(C)CCC(=O)O. The highest BCUT2D eigenvalue weighted by Crippen LogP contribution is 2.10. The lowest BCUT2D eigenvalue weighted by Crippen LogP contribution is -2.47. The van der Waals surface area contributed by atoms with E-state index < -0.39 is 16.2 Å². The molecule has 0 heterocycles. The molecule has 2 N–H and O–H groups in total. The van der Waals surface area contributed by atoms with Gasteiger partial charge in [0.1, 0.15) is 0 Å². The average Bonchev–Trinajstić information content (AvgIpc) is 2.21. The van der Waals surface area contributed by atoms with Crippen molar-refractivity contribution in [2.75, 3.05) is 26.7 Å². The lowest BCUT2D eigenvalue weighted by atomic mass is 10.4. The third-order valence-corrected chi connectivity index (χ3v) is 4.39. The Bertz CT molecular complexity index is 341. The van der Waals surface area contributed by atoms with Gasteiger partial charge in [-0.05, 0) is 13.8 Å². The largest absolute Gasteiger partial charge is 0.481 e. The highest BCUT2D eigenvalue weighted by molar-refractivity contribution is 7.86. The number of carboxylic acids is 1. The molecule has 0 bridgehead atoms. The molecule has 0 aliphatic carbocycles. The van der Waals surface area contributed by atoms with E-state index in [2.05, 4.69) is 0 Å². The van der Waals surface area contributed by atoms with Gasteiger partial charge in [0.2, 0.25) is 0 Å². The Morgan fingerprint density at radius 2 is 1.82 bits per heavy atom. The summed E-state index contributed by atoms with van der Waals surface area (Å²) in [5.41, 5.74) is 0. The highest BCUT2D eigenvalue weighted by atomic mass is 32.2. The minimum atomic E-state index is -3.71. The molecule has 8 heteroatoms. The fourth-order valence-corrected chi connectivity index (χ4v) is 2.81. The van der Waals surface area contributed by atoms with Gasteiger partial charge in [-0.1, -0.05) is 0 Å². The Morgan fingerprint density at radius 1 is 1.29 bits per heavy atom. The Morgan fingerprint density at radius 3 is 2.18 bits per heavy atom. The van der Waals surface area contributed by atoms with Crippen LogP contribution < -0.4 is 0 Å². The van der Waals surface area contributed by atoms with Crippen molar-refractivity contribution in [3.05, 3.63) is 0 Å². The smallest absolute Gasteiger partial charge is 0.304 e. The van der Waals surface area contributed by atoms with E-state index in [9.17, 15) is 13.2 Å². The van der Waals surface area contributed by atoms with Crippen molar-refractivity contribution in [2.24, 2.45) is 0 Å². The van der Waals surface area contributed by atoms with Crippen LogP contribution in [-0.2, 0) is 15.0 Å². The third kappa shape index (κ3) is 4.99. The first-order valence-electron chi connectivity index (χ1n) is 5.29. The standard InChI is InChI=1S/C9H20N2O5S/c1-8(2)11(6-7-12)17(15,16)10(3)5-4-9(13)14/h8,12H,4-7H2,1-3H3,(H,13,14). The summed E-state index contributed by atoms with van der Waals surface area (Å²) in [7, 11) is -2.39. The van der Waals surface area contributed by atoms with E-state index in [4.69, 9.17) is 10.2 Å². The number of aliphatic hydroxyl groups is 1. The summed E-state index contributed by atoms with van der Waals surface area (Å²) in [5.74, 6) is -1.05. The van der Waals surface area contributed by atoms with Crippen LogP contribution >= 0.6 is 0 Å². The number of carboxylic acid groups (broad SMARTS) is 1. The molecule has 0 atom stereocenters. The van der Waals surface area contributed by atoms with Crippen LogP contribution in [-0.4, -0.2) is 66.0 Å². The lowest BCUT2D eigenvalue weighted by molar-refractivity contribution is -0.137. The van der Waals surface area contributed by atoms with E-state index in [1.807, 2.05) is 0 Å². The summed E-state index contributed by atoms with van der Waals surface area (Å²) in [6, 6.07) is -0.292. The second kappa shape index (κ2) is 6.90. The van der Waals surface area contributed by atoms with Crippen LogP contribution in [0.25, 0.3) is 0 Å². The number of hydrogen-bond acceptors (Lipinski definition) is 4. The van der Waals surface area contributed by atoms with Gasteiger partial charge in [-0.3, -0.25) is 4.79 Å². The van der Waals surface area contributed by atoms with Gasteiger partial charge in [-0.15, -0.1) is 0 Å². The molecule has 0 spiro atoms. The molecule has 0 aromatic rings. The van der Waals surface area contributed by atoms with Crippen molar-refractivity contribution in [1.82, 2.24) is 8.61 Å². The minimum absolute atomic E-state index is 0.00257. The van der Waals surface area contributed by atoms with Crippen molar-refractivity contribution in [2.45, 2.75) is 26.3 Å². The molecule has 0 fully saturated rings. The first kappa shape index (κ1) is 16.3. The van der Waals surface area contributed by atoms with Crippen LogP contribution in [0.1, 0.15) is 20.3 Å². The molecule has 7 nitrogen and oxygen atoms in total. The number of aliphatic hydroxyl groups excluding tert-OH is 1. The van der Waals surface area contributed by atoms with Gasteiger partial charge in [-0.25, -0.2) is 0 Å². The van der Waals surface area contributed by atoms with Crippen molar-refractivity contribution < 1.29 is 23.4 Å². The molecule has 0 aromatic carbocycles. The van der Waals surface area contributed by atoms with Crippen molar-refractivity contribution in [3.63, 3.8) is 0 Å². The van der Waals surface area contributed by atoms with E-state index in [0.29, 0.717) is 0 Å². The molecule has 0 saturated heterocycles. The van der Waals surface area contributed by atoms with Crippen LogP contribution in [0.4, 0.5) is 0 Å². The third-order valence-electron chi connectivity index (χ3n) is 2.23. The van der Waals surface area contributed by atoms with E-state index in [0.717, 1.165) is 8.61 Å². The summed E-state index contributed by atoms with van der Waals surface area (Å²) in [6.45, 7) is 3.02. The summed E-state index contributed by atoms with van der Waals surface area (Å²) in [5, 5.41) is 17.3. The first-order valence-corrected chi connectivity index (χ1v) is 6.69. The van der Waals surface area contributed by atoms with Crippen LogP contribution in [0.3, 0.4) is 0 Å². The van der Waals surface area contributed by atoms with Crippen LogP contribution in [0.15, 0.2) is 0 Å². The Kier molecular flexibility index (Phi) is 6.61. The van der Waals surface area contributed by atoms with E-state index in [-0.39, 0.29) is 32.2 Å². The quantitative estimate of drug-likeness (QED) is 0.609. The fourth-order valence-electron chi connectivity index (χ4n) is 1.29. The Balaban J connectivity index is 4.76. The summed E-state index contributed by atoms with van der Waals surface area (Å²) in [6.07, 6.45) is -0.249. The second-order valence-electron chi connectivity index (χ2n) is 3.90. The molecule has 0 aromatic heterocycles. The highest BCUT2D eigenvalue weighted by Gasteiger charge is 2.28. The maximum absolute atomic E-state index is 12.0. The zero-order chi connectivity index (χ0) is 13.6. The maximum atomic E-state index is 12.0. The molecule has 0 amide bonds. The minimum Gasteiger partial charge on any atom is -0.481 e. The predicted octanol–water partition coefficient (Wildman–Crippen LogP) is -0.660. The summed E-state index contributed by atoms with van der Waals surface area (Å²) < 4.78 is 26.2. The molecule has 102 valence electrons. The Hall–Kier alpha value is -0.700. The lowest BCUT2D eigenvalue weighted by Gasteiger charge is -2.29. The molecule has 0 unspecified atom stereocenters. The number of nitrogens with zero attached hydrogens (tertiary/aromatic N) is 2. The maximum Gasteiger partial charge on any atom is 0.304 e. The molecule has 0 rings (SSSR count). The normalized spacial score (nSPS) is 12.6. The topological polar surface area (TPSA) is 98.2 Å². The number of carbonyl (C=O) groups is 1. The van der Waals surface area contributed by atoms with Gasteiger partial charge in [0.15, 0.2) is 0 Å². The molecular weight excluding hydrogens is 248 g/mol. The molecular formula is C9H20N2O5S. The number of aliphatic carboxylic acids is 1. The second-order valence-corrected chi connectivity index (χ2v) is 5.89. The number of rotatable bonds is 8. The molecule has 17 heavy (non-hydrogen) atoms. The molecule has 0 radical (unpaired) electrons. The average molecular weight is 268 g/mol. The van der Waals surface area contributed by atoms with Crippen molar-refractivity contribution in [1.29, 1.82) is 0 Å². The van der Waals surface area contributed by atoms with Gasteiger partial charge in [-0.2, -0.15) is 17.0 Å². The zero-order valence-electron chi connectivity index (χ0n) is 10.3. The van der Waals surface area contributed by atoms with Gasteiger partial charge in [0.05, 0.1) is 13.0 Å². The van der Waals surface area contributed by atoms with Gasteiger partial charge in [0, 0.05) is 26.2 Å². The predicted molar refractivity (Wildman–Crippen MR) is 62.7 cm³/mol. The molecule has 0 saturated carbocycles. The van der Waals surface area contributed by atoms with E-state index in [1.165, 1.54) is 7.05 Å². The fraction of sp³-hybridized carbons (Fsp3) is 0.889. The number of hydrogen-bond donors (Lipinski definition) is 2. The zero-order valence-corrected chi connectivity index (χ0v) is 11.1. The molecule has 0 aliphatic heterocycles. The monoisotopic (exact) mass is 268 g/mol. The summed E-state index contributed by atoms with van der Waals surface area (Å²) in [4.78, 5) is 10.4. The van der Waals surface area contributed by atoms with E-state index >= 15 is 0 Å². The van der Waals surface area contributed by atoms with Crippen molar-refractivity contribution in [3.8, 4) is 0 Å². The van der Waals surface area contributed by atoms with Crippen LogP contribution in [0.5, 0.6) is 0 Å². The van der Waals surface area contributed by atoms with Gasteiger partial charge >= 0.3 is 5.97 Å². The van der Waals surface area contributed by atoms with Crippen LogP contribution in [0.2, 0.25) is 0 Å². The summed E-state index contributed by atoms with van der Waals surface area (Å²) >= 11 is 0. The van der Waals surface area contributed by atoms with Crippen LogP contribution in [0, 0.1) is 0 Å². The first-order chi connectivity index (χ1) is 7.73. The molecule has 0 aliphatic rings. The van der Waals surface area contributed by atoms with Gasteiger partial charge < -0.3 is 10.2 Å². The van der Waals surface area contributed by atoms with Gasteiger partial charge in [0.25, 0.3) is 10.2 Å². The Labute approximate surface area is 102 Å². The van der Waals surface area contributed by atoms with Crippen molar-refractivity contribution >= 4 is 16.2 Å².